The second kappa shape index (κ2) is 6.22. The number of amides is 2. The monoisotopic (exact) mass is 325 g/mol. The number of hydrogen-bond donors (Lipinski definition) is 1. The highest BCUT2D eigenvalue weighted by molar-refractivity contribution is 6.09. The number of anilines is 1. The lowest BCUT2D eigenvalue weighted by Gasteiger charge is -2.28. The molecule has 23 heavy (non-hydrogen) atoms. The molecule has 1 aromatic heterocycles. The minimum Gasteiger partial charge on any atom is -0.368 e. The molecular formula is C16H21F2N3O2. The van der Waals surface area contributed by atoms with E-state index in [1.165, 1.54) is 0 Å². The number of nitrogens with zero attached hydrogens (tertiary/aromatic N) is 2. The molecule has 0 fully saturated rings. The van der Waals surface area contributed by atoms with Gasteiger partial charge >= 0.3 is 0 Å². The van der Waals surface area contributed by atoms with Gasteiger partial charge in [0.05, 0.1) is 11.6 Å². The predicted molar refractivity (Wildman–Crippen MR) is 81.7 cm³/mol. The third kappa shape index (κ3) is 2.80. The van der Waals surface area contributed by atoms with Crippen molar-refractivity contribution in [3.05, 3.63) is 23.4 Å². The van der Waals surface area contributed by atoms with Crippen LogP contribution in [0.2, 0.25) is 0 Å². The lowest BCUT2D eigenvalue weighted by molar-refractivity contribution is -0.126. The Morgan fingerprint density at radius 1 is 1.43 bits per heavy atom. The van der Waals surface area contributed by atoms with Crippen molar-refractivity contribution < 1.29 is 18.4 Å². The Labute approximate surface area is 133 Å². The molecule has 0 aromatic carbocycles. The Kier molecular flexibility index (Phi) is 4.68. The maximum atomic E-state index is 14.5. The molecule has 1 atom stereocenters. The lowest BCUT2D eigenvalue weighted by Crippen LogP contribution is -2.44. The Bertz CT molecular complexity index is 648. The van der Waals surface area contributed by atoms with Crippen molar-refractivity contribution in [3.63, 3.8) is 0 Å². The molecule has 2 rings (SSSR count). The predicted octanol–water partition coefficient (Wildman–Crippen LogP) is 2.28. The molecule has 2 amide bonds. The lowest BCUT2D eigenvalue weighted by atomic mass is 9.74. The summed E-state index contributed by atoms with van der Waals surface area (Å²) in [6.45, 7) is 5.34. The summed E-state index contributed by atoms with van der Waals surface area (Å²) < 4.78 is 28.2. The number of carbonyl (C=O) groups excluding carboxylic acids is 2. The highest BCUT2D eigenvalue weighted by atomic mass is 19.2. The number of aromatic nitrogens is 1. The van der Waals surface area contributed by atoms with Gasteiger partial charge in [-0.3, -0.25) is 14.5 Å². The third-order valence-electron chi connectivity index (χ3n) is 4.41. The number of halogens is 2. The summed E-state index contributed by atoms with van der Waals surface area (Å²) in [5.41, 5.74) is 3.93. The fraction of sp³-hybridized carbons (Fsp3) is 0.562. The van der Waals surface area contributed by atoms with E-state index in [9.17, 15) is 18.4 Å². The van der Waals surface area contributed by atoms with Crippen molar-refractivity contribution >= 4 is 17.6 Å². The van der Waals surface area contributed by atoms with E-state index in [0.717, 1.165) is 11.1 Å². The number of carbonyl (C=O) groups is 2. The molecule has 126 valence electrons. The topological polar surface area (TPSA) is 76.3 Å². The van der Waals surface area contributed by atoms with E-state index in [-0.39, 0.29) is 11.4 Å². The highest BCUT2D eigenvalue weighted by Crippen LogP contribution is 2.47. The molecule has 7 heteroatoms. The van der Waals surface area contributed by atoms with Gasteiger partial charge in [-0.25, -0.2) is 13.8 Å². The maximum Gasteiger partial charge on any atom is 0.239 e. The van der Waals surface area contributed by atoms with Crippen molar-refractivity contribution in [2.75, 3.05) is 11.4 Å². The zero-order chi connectivity index (χ0) is 17.4. The van der Waals surface area contributed by atoms with Crippen LogP contribution >= 0.6 is 0 Å². The van der Waals surface area contributed by atoms with Crippen LogP contribution in [-0.2, 0) is 15.0 Å². The highest BCUT2D eigenvalue weighted by Gasteiger charge is 2.52. The first kappa shape index (κ1) is 17.3. The van der Waals surface area contributed by atoms with Crippen molar-refractivity contribution in [2.24, 2.45) is 11.7 Å². The van der Waals surface area contributed by atoms with Crippen LogP contribution in [0.15, 0.2) is 6.20 Å². The van der Waals surface area contributed by atoms with Gasteiger partial charge in [0.15, 0.2) is 11.6 Å². The van der Waals surface area contributed by atoms with E-state index in [1.54, 1.807) is 6.92 Å². The molecule has 0 saturated carbocycles. The molecule has 0 saturated heterocycles. The Morgan fingerprint density at radius 2 is 2.09 bits per heavy atom. The number of nitrogens with two attached hydrogens (primary N) is 1. The van der Waals surface area contributed by atoms with Gasteiger partial charge in [0, 0.05) is 5.56 Å². The molecule has 5 nitrogen and oxygen atoms in total. The number of hydrogen-bond acceptors (Lipinski definition) is 3. The van der Waals surface area contributed by atoms with Crippen LogP contribution in [0.25, 0.3) is 0 Å². The molecular weight excluding hydrogens is 304 g/mol. The van der Waals surface area contributed by atoms with Gasteiger partial charge in [-0.15, -0.1) is 0 Å². The number of fused-ring (bicyclic) bond motifs is 1. The first-order valence-corrected chi connectivity index (χ1v) is 7.69. The zero-order valence-corrected chi connectivity index (χ0v) is 13.5. The first-order chi connectivity index (χ1) is 10.7. The molecule has 1 aliphatic rings. The Morgan fingerprint density at radius 3 is 2.61 bits per heavy atom. The molecule has 0 aliphatic carbocycles. The van der Waals surface area contributed by atoms with Gasteiger partial charge in [-0.05, 0) is 25.2 Å². The van der Waals surface area contributed by atoms with E-state index >= 15 is 0 Å². The standard InChI is InChI=1S/C16H21F2N3O2/c1-4-16(6-5-9(2)3)12-13(18)10(17)7-20-14(12)21(15(16)23)8-11(19)22/h7,9H,4-6,8H2,1-3H3,(H2,19,22)/t16-/m1/s1. The second-order valence-corrected chi connectivity index (χ2v) is 6.34. The summed E-state index contributed by atoms with van der Waals surface area (Å²) in [7, 11) is 0. The van der Waals surface area contributed by atoms with Gasteiger partial charge in [0.1, 0.15) is 12.4 Å². The largest absolute Gasteiger partial charge is 0.368 e. The van der Waals surface area contributed by atoms with Crippen LogP contribution in [-0.4, -0.2) is 23.3 Å². The van der Waals surface area contributed by atoms with E-state index in [4.69, 9.17) is 5.73 Å². The summed E-state index contributed by atoms with van der Waals surface area (Å²) in [5, 5.41) is 0. The van der Waals surface area contributed by atoms with Gasteiger partial charge < -0.3 is 5.73 Å². The van der Waals surface area contributed by atoms with Crippen molar-refractivity contribution in [3.8, 4) is 0 Å². The Balaban J connectivity index is 2.62. The molecule has 0 spiro atoms. The van der Waals surface area contributed by atoms with Gasteiger partial charge in [-0.2, -0.15) is 0 Å². The van der Waals surface area contributed by atoms with E-state index in [1.807, 2.05) is 13.8 Å². The van der Waals surface area contributed by atoms with E-state index in [0.29, 0.717) is 25.2 Å². The first-order valence-electron chi connectivity index (χ1n) is 7.69. The quantitative estimate of drug-likeness (QED) is 0.872. The third-order valence-corrected chi connectivity index (χ3v) is 4.41. The summed E-state index contributed by atoms with van der Waals surface area (Å²) in [5.74, 6) is -3.04. The molecule has 0 radical (unpaired) electrons. The van der Waals surface area contributed by atoms with Crippen LogP contribution in [0.3, 0.4) is 0 Å². The SMILES string of the molecule is CC[C@]1(CCC(C)C)C(=O)N(CC(N)=O)c2ncc(F)c(F)c21. The van der Waals surface area contributed by atoms with Gasteiger partial charge in [0.2, 0.25) is 11.8 Å². The average Bonchev–Trinajstić information content (AvgIpc) is 2.71. The minimum atomic E-state index is -1.20. The summed E-state index contributed by atoms with van der Waals surface area (Å²) in [6, 6.07) is 0. The molecule has 1 aliphatic heterocycles. The number of pyridine rings is 1. The maximum absolute atomic E-state index is 14.5. The summed E-state index contributed by atoms with van der Waals surface area (Å²) in [4.78, 5) is 29.1. The summed E-state index contributed by atoms with van der Waals surface area (Å²) >= 11 is 0. The average molecular weight is 325 g/mol. The molecule has 0 bridgehead atoms. The van der Waals surface area contributed by atoms with Crippen molar-refractivity contribution in [2.45, 2.75) is 45.4 Å². The van der Waals surface area contributed by atoms with Gasteiger partial charge in [-0.1, -0.05) is 20.8 Å². The van der Waals surface area contributed by atoms with Crippen LogP contribution in [0.1, 0.15) is 45.6 Å². The number of primary amides is 1. The molecule has 2 N–H and O–H groups in total. The fourth-order valence-electron chi connectivity index (χ4n) is 3.12. The normalized spacial score (nSPS) is 20.3. The number of rotatable bonds is 6. The van der Waals surface area contributed by atoms with Crippen molar-refractivity contribution in [1.29, 1.82) is 0 Å². The fourth-order valence-corrected chi connectivity index (χ4v) is 3.12. The molecule has 0 unspecified atom stereocenters. The minimum absolute atomic E-state index is 0.00157. The van der Waals surface area contributed by atoms with Crippen LogP contribution in [0.5, 0.6) is 0 Å². The van der Waals surface area contributed by atoms with Crippen LogP contribution < -0.4 is 10.6 Å². The second-order valence-electron chi connectivity index (χ2n) is 6.34. The summed E-state index contributed by atoms with van der Waals surface area (Å²) in [6.07, 6.45) is 2.05. The van der Waals surface area contributed by atoms with Crippen LogP contribution in [0.4, 0.5) is 14.6 Å². The zero-order valence-electron chi connectivity index (χ0n) is 13.5. The van der Waals surface area contributed by atoms with Crippen LogP contribution in [0, 0.1) is 17.6 Å². The van der Waals surface area contributed by atoms with E-state index < -0.39 is 35.4 Å². The van der Waals surface area contributed by atoms with E-state index in [2.05, 4.69) is 4.98 Å². The van der Waals surface area contributed by atoms with Gasteiger partial charge in [0.25, 0.3) is 0 Å². The molecule has 2 heterocycles. The Hall–Kier alpha value is -2.05. The molecule has 1 aromatic rings. The van der Waals surface area contributed by atoms with Crippen molar-refractivity contribution in [1.82, 2.24) is 4.98 Å². The smallest absolute Gasteiger partial charge is 0.239 e.